The molecule has 152 valence electrons. The van der Waals surface area contributed by atoms with Gasteiger partial charge in [0, 0.05) is 21.3 Å². The van der Waals surface area contributed by atoms with Gasteiger partial charge in [0.2, 0.25) is 0 Å². The largest absolute Gasteiger partial charge is 0.417 e. The summed E-state index contributed by atoms with van der Waals surface area (Å²) in [5.74, 6) is 0.608. The van der Waals surface area contributed by atoms with Crippen LogP contribution in [-0.4, -0.2) is 30.8 Å². The zero-order valence-corrected chi connectivity index (χ0v) is 17.7. The average molecular weight is 535 g/mol. The van der Waals surface area contributed by atoms with Crippen LogP contribution in [0, 0.1) is 0 Å². The number of urea groups is 1. The van der Waals surface area contributed by atoms with Gasteiger partial charge in [0.1, 0.15) is 6.33 Å². The van der Waals surface area contributed by atoms with Crippen molar-refractivity contribution in [3.8, 4) is 5.95 Å². The first-order valence-electron chi connectivity index (χ1n) is 7.98. The fourth-order valence-corrected chi connectivity index (χ4v) is 3.70. The zero-order chi connectivity index (χ0) is 21.2. The van der Waals surface area contributed by atoms with E-state index in [-0.39, 0.29) is 20.6 Å². The molecule has 1 atom stereocenters. The summed E-state index contributed by atoms with van der Waals surface area (Å²) in [6.07, 6.45) is -0.238. The van der Waals surface area contributed by atoms with Crippen LogP contribution in [0.1, 0.15) is 24.4 Å². The van der Waals surface area contributed by atoms with Gasteiger partial charge in [0.15, 0.2) is 5.82 Å². The number of benzene rings is 1. The second-order valence-corrected chi connectivity index (χ2v) is 7.42. The van der Waals surface area contributed by atoms with E-state index in [0.29, 0.717) is 5.82 Å². The Morgan fingerprint density at radius 3 is 2.48 bits per heavy atom. The highest BCUT2D eigenvalue weighted by Crippen LogP contribution is 2.39. The molecule has 0 aliphatic carbocycles. The average Bonchev–Trinajstić information content (AvgIpc) is 3.13. The highest BCUT2D eigenvalue weighted by Gasteiger charge is 2.34. The molecule has 2 aromatic heterocycles. The van der Waals surface area contributed by atoms with Crippen LogP contribution in [0.15, 0.2) is 45.9 Å². The first-order chi connectivity index (χ1) is 13.7. The summed E-state index contributed by atoms with van der Waals surface area (Å²) < 4.78 is 40.8. The van der Waals surface area contributed by atoms with E-state index in [1.165, 1.54) is 29.5 Å². The standard InChI is InChI=1S/C16H12Br2F3N7O/c1-8(13-24-7-25-28(13)14-22-3-2-4-23-14)26-15(29)27-12-5-9(16(19,20)21)10(17)6-11(12)18/h2-8H,1H3,(H2,26,27,29)/t8-/m1/s1. The summed E-state index contributed by atoms with van der Waals surface area (Å²) >= 11 is 6.01. The van der Waals surface area contributed by atoms with Crippen LogP contribution >= 0.6 is 31.9 Å². The Morgan fingerprint density at radius 2 is 1.83 bits per heavy atom. The molecule has 2 N–H and O–H groups in total. The number of nitrogens with zero attached hydrogens (tertiary/aromatic N) is 5. The minimum absolute atomic E-state index is 0.0434. The molecule has 0 saturated carbocycles. The third-order valence-electron chi connectivity index (χ3n) is 3.66. The van der Waals surface area contributed by atoms with Gasteiger partial charge in [-0.05, 0) is 41.1 Å². The van der Waals surface area contributed by atoms with E-state index in [1.54, 1.807) is 13.0 Å². The van der Waals surface area contributed by atoms with E-state index in [2.05, 4.69) is 62.5 Å². The van der Waals surface area contributed by atoms with Crippen molar-refractivity contribution in [2.75, 3.05) is 5.32 Å². The summed E-state index contributed by atoms with van der Waals surface area (Å²) in [7, 11) is 0. The molecular formula is C16H12Br2F3N7O. The van der Waals surface area contributed by atoms with Crippen LogP contribution in [0.5, 0.6) is 0 Å². The maximum Gasteiger partial charge on any atom is 0.417 e. The molecule has 0 radical (unpaired) electrons. The van der Waals surface area contributed by atoms with E-state index in [4.69, 9.17) is 0 Å². The fourth-order valence-electron chi connectivity index (χ4n) is 2.38. The number of halogens is 5. The van der Waals surface area contributed by atoms with Gasteiger partial charge in [0.25, 0.3) is 5.95 Å². The Balaban J connectivity index is 1.77. The number of nitrogens with one attached hydrogen (secondary N) is 2. The Bertz CT molecular complexity index is 1030. The monoisotopic (exact) mass is 533 g/mol. The van der Waals surface area contributed by atoms with Crippen LogP contribution in [0.25, 0.3) is 5.95 Å². The number of aromatic nitrogens is 5. The summed E-state index contributed by atoms with van der Waals surface area (Å²) in [5, 5.41) is 9.03. The molecule has 0 fully saturated rings. The summed E-state index contributed by atoms with van der Waals surface area (Å²) in [6.45, 7) is 1.64. The highest BCUT2D eigenvalue weighted by atomic mass is 79.9. The minimum atomic E-state index is -4.58. The Hall–Kier alpha value is -2.54. The number of amides is 2. The summed E-state index contributed by atoms with van der Waals surface area (Å²) in [4.78, 5) is 24.6. The van der Waals surface area contributed by atoms with Crippen LogP contribution < -0.4 is 10.6 Å². The number of carbonyl (C=O) groups is 1. The molecule has 13 heteroatoms. The number of hydrogen-bond acceptors (Lipinski definition) is 5. The van der Waals surface area contributed by atoms with Crippen molar-refractivity contribution in [3.63, 3.8) is 0 Å². The van der Waals surface area contributed by atoms with E-state index in [9.17, 15) is 18.0 Å². The van der Waals surface area contributed by atoms with Crippen molar-refractivity contribution in [2.24, 2.45) is 0 Å². The molecule has 0 spiro atoms. The third-order valence-corrected chi connectivity index (χ3v) is 4.97. The van der Waals surface area contributed by atoms with Gasteiger partial charge in [-0.25, -0.2) is 19.7 Å². The molecule has 0 aliphatic rings. The lowest BCUT2D eigenvalue weighted by molar-refractivity contribution is -0.138. The second kappa shape index (κ2) is 8.45. The van der Waals surface area contributed by atoms with Crippen molar-refractivity contribution in [1.29, 1.82) is 0 Å². The van der Waals surface area contributed by atoms with Gasteiger partial charge >= 0.3 is 12.2 Å². The smallest absolute Gasteiger partial charge is 0.328 e. The van der Waals surface area contributed by atoms with Gasteiger partial charge in [0.05, 0.1) is 17.3 Å². The normalized spacial score (nSPS) is 12.5. The lowest BCUT2D eigenvalue weighted by Gasteiger charge is -2.17. The maximum absolute atomic E-state index is 13.1. The number of anilines is 1. The van der Waals surface area contributed by atoms with Gasteiger partial charge < -0.3 is 10.6 Å². The van der Waals surface area contributed by atoms with Crippen molar-refractivity contribution in [1.82, 2.24) is 30.0 Å². The Morgan fingerprint density at radius 1 is 1.14 bits per heavy atom. The lowest BCUT2D eigenvalue weighted by atomic mass is 10.2. The molecule has 0 bridgehead atoms. The SMILES string of the molecule is C[C@@H](NC(=O)Nc1cc(C(F)(F)F)c(Br)cc1Br)c1ncnn1-c1ncccn1. The van der Waals surface area contributed by atoms with Gasteiger partial charge in [-0.2, -0.15) is 23.0 Å². The fraction of sp³-hybridized carbons (Fsp3) is 0.188. The molecule has 3 rings (SSSR count). The molecular weight excluding hydrogens is 523 g/mol. The number of carbonyl (C=O) groups excluding carboxylic acids is 1. The van der Waals surface area contributed by atoms with Gasteiger partial charge in [-0.15, -0.1) is 0 Å². The van der Waals surface area contributed by atoms with Gasteiger partial charge in [-0.3, -0.25) is 0 Å². The minimum Gasteiger partial charge on any atom is -0.328 e. The molecule has 2 amide bonds. The molecule has 0 aliphatic heterocycles. The third kappa shape index (κ3) is 4.90. The van der Waals surface area contributed by atoms with Crippen molar-refractivity contribution in [2.45, 2.75) is 19.1 Å². The lowest BCUT2D eigenvalue weighted by Crippen LogP contribution is -2.33. The van der Waals surface area contributed by atoms with Crippen molar-refractivity contribution < 1.29 is 18.0 Å². The van der Waals surface area contributed by atoms with E-state index in [1.807, 2.05) is 0 Å². The van der Waals surface area contributed by atoms with Crippen LogP contribution in [-0.2, 0) is 6.18 Å². The quantitative estimate of drug-likeness (QED) is 0.514. The van der Waals surface area contributed by atoms with Crippen molar-refractivity contribution >= 4 is 43.6 Å². The van der Waals surface area contributed by atoms with E-state index in [0.717, 1.165) is 6.07 Å². The number of rotatable bonds is 4. The predicted molar refractivity (Wildman–Crippen MR) is 104 cm³/mol. The molecule has 0 saturated heterocycles. The zero-order valence-electron chi connectivity index (χ0n) is 14.6. The Kier molecular flexibility index (Phi) is 6.17. The first-order valence-corrected chi connectivity index (χ1v) is 9.56. The number of alkyl halides is 3. The molecule has 0 unspecified atom stereocenters. The molecule has 3 aromatic rings. The van der Waals surface area contributed by atoms with Gasteiger partial charge in [-0.1, -0.05) is 15.9 Å². The highest BCUT2D eigenvalue weighted by molar-refractivity contribution is 9.11. The molecule has 29 heavy (non-hydrogen) atoms. The maximum atomic E-state index is 13.1. The Labute approximate surface area is 179 Å². The summed E-state index contributed by atoms with van der Waals surface area (Å²) in [5.41, 5.74) is -0.955. The first kappa shape index (κ1) is 21.2. The van der Waals surface area contributed by atoms with Crippen LogP contribution in [0.3, 0.4) is 0 Å². The second-order valence-electron chi connectivity index (χ2n) is 5.71. The van der Waals surface area contributed by atoms with Crippen LogP contribution in [0.4, 0.5) is 23.7 Å². The van der Waals surface area contributed by atoms with Crippen LogP contribution in [0.2, 0.25) is 0 Å². The molecule has 1 aromatic carbocycles. The van der Waals surface area contributed by atoms with E-state index >= 15 is 0 Å². The number of hydrogen-bond donors (Lipinski definition) is 2. The van der Waals surface area contributed by atoms with E-state index < -0.39 is 23.8 Å². The topological polar surface area (TPSA) is 97.6 Å². The molecule has 8 nitrogen and oxygen atoms in total. The predicted octanol–water partition coefficient (Wildman–Crippen LogP) is 4.48. The molecule has 2 heterocycles. The summed E-state index contributed by atoms with van der Waals surface area (Å²) in [6, 6.07) is 2.32. The van der Waals surface area contributed by atoms with Crippen molar-refractivity contribution in [3.05, 3.63) is 57.3 Å².